The Morgan fingerprint density at radius 3 is 2.04 bits per heavy atom. The molecule has 2 rings (SSSR count). The number of ether oxygens (including phenoxy) is 2. The highest BCUT2D eigenvalue weighted by molar-refractivity contribution is 5.90. The van der Waals surface area contributed by atoms with Crippen LogP contribution in [0.2, 0.25) is 0 Å². The van der Waals surface area contributed by atoms with Gasteiger partial charge in [-0.3, -0.25) is 19.2 Å². The van der Waals surface area contributed by atoms with Gasteiger partial charge in [-0.15, -0.1) is 0 Å². The van der Waals surface area contributed by atoms with E-state index in [1.165, 1.54) is 38.5 Å². The lowest BCUT2D eigenvalue weighted by Crippen LogP contribution is -2.59. The van der Waals surface area contributed by atoms with Crippen molar-refractivity contribution in [3.8, 4) is 0 Å². The van der Waals surface area contributed by atoms with Crippen LogP contribution in [0.3, 0.4) is 0 Å². The zero-order valence-corrected chi connectivity index (χ0v) is 33.5. The number of carboxylic acids is 1. The zero-order valence-electron chi connectivity index (χ0n) is 33.5. The van der Waals surface area contributed by atoms with Crippen LogP contribution in [0.15, 0.2) is 24.3 Å². The van der Waals surface area contributed by atoms with Crippen molar-refractivity contribution in [3.63, 3.8) is 0 Å². The van der Waals surface area contributed by atoms with Gasteiger partial charge in [0.25, 0.3) is 0 Å². The molecular weight excluding hydrogens is 685 g/mol. The first kappa shape index (κ1) is 45.5. The fourth-order valence-corrected chi connectivity index (χ4v) is 7.41. The fourth-order valence-electron chi connectivity index (χ4n) is 7.41. The number of amides is 4. The quantitative estimate of drug-likeness (QED) is 0.148. The van der Waals surface area contributed by atoms with Crippen molar-refractivity contribution >= 4 is 29.6 Å². The van der Waals surface area contributed by atoms with Gasteiger partial charge in [-0.25, -0.2) is 9.18 Å². The van der Waals surface area contributed by atoms with Crippen molar-refractivity contribution in [1.29, 1.82) is 0 Å². The molecule has 0 saturated carbocycles. The molecule has 4 amide bonds. The third-order valence-electron chi connectivity index (χ3n) is 10.7. The van der Waals surface area contributed by atoms with Gasteiger partial charge in [0, 0.05) is 34.2 Å². The molecule has 0 aromatic heterocycles. The van der Waals surface area contributed by atoms with Crippen LogP contribution in [0.25, 0.3) is 0 Å². The molecule has 14 heteroatoms. The van der Waals surface area contributed by atoms with E-state index in [0.717, 1.165) is 0 Å². The molecule has 0 aliphatic carbocycles. The maximum atomic E-state index is 14.1. The molecule has 1 aromatic rings. The van der Waals surface area contributed by atoms with Crippen molar-refractivity contribution in [2.75, 3.05) is 34.9 Å². The highest BCUT2D eigenvalue weighted by atomic mass is 19.1. The van der Waals surface area contributed by atoms with Crippen LogP contribution in [-0.2, 0) is 39.9 Å². The number of halogens is 1. The molecule has 1 aliphatic rings. The number of hydrogen-bond acceptors (Lipinski definition) is 8. The SMILES string of the molecule is CC[C@H](C)C(C(CC(=O)N1CCC[C@H]1[C@H](OC)[C@@H](C)C(=O)N[C@@H](Cc1ccc(F)cc1)C(=O)O)OC)N(C)C(=O)[C@@H](NC(=O)C(NC)C(C)C)C(C)C. The summed E-state index contributed by atoms with van der Waals surface area (Å²) < 4.78 is 25.2. The number of carboxylic acid groups (broad SMARTS) is 1. The number of likely N-dealkylation sites (tertiary alicyclic amines) is 1. The third kappa shape index (κ3) is 12.2. The molecule has 9 atom stereocenters. The number of nitrogens with one attached hydrogen (secondary N) is 3. The number of rotatable bonds is 21. The van der Waals surface area contributed by atoms with Gasteiger partial charge >= 0.3 is 5.97 Å². The largest absolute Gasteiger partial charge is 0.480 e. The van der Waals surface area contributed by atoms with E-state index < -0.39 is 66.0 Å². The van der Waals surface area contributed by atoms with Crippen LogP contribution in [0, 0.1) is 29.5 Å². The van der Waals surface area contributed by atoms with E-state index in [4.69, 9.17) is 9.47 Å². The predicted octanol–water partition coefficient (Wildman–Crippen LogP) is 3.24. The normalized spacial score (nSPS) is 19.1. The number of aliphatic carboxylic acids is 1. The Morgan fingerprint density at radius 2 is 1.55 bits per heavy atom. The average molecular weight is 750 g/mol. The maximum absolute atomic E-state index is 14.1. The van der Waals surface area contributed by atoms with Gasteiger partial charge in [-0.05, 0) is 55.3 Å². The van der Waals surface area contributed by atoms with E-state index in [0.29, 0.717) is 31.4 Å². The van der Waals surface area contributed by atoms with E-state index in [1.54, 1.807) is 30.8 Å². The fraction of sp³-hybridized carbons (Fsp3) is 0.718. The van der Waals surface area contributed by atoms with Crippen LogP contribution < -0.4 is 16.0 Å². The first-order chi connectivity index (χ1) is 24.9. The third-order valence-corrected chi connectivity index (χ3v) is 10.7. The Morgan fingerprint density at radius 1 is 0.943 bits per heavy atom. The van der Waals surface area contributed by atoms with Crippen molar-refractivity contribution in [2.24, 2.45) is 23.7 Å². The number of hydrogen-bond donors (Lipinski definition) is 4. The molecule has 1 fully saturated rings. The molecule has 4 N–H and O–H groups in total. The van der Waals surface area contributed by atoms with Crippen molar-refractivity contribution < 1.29 is 42.9 Å². The molecule has 13 nitrogen and oxygen atoms in total. The van der Waals surface area contributed by atoms with Crippen molar-refractivity contribution in [3.05, 3.63) is 35.6 Å². The van der Waals surface area contributed by atoms with E-state index in [-0.39, 0.29) is 48.3 Å². The number of likely N-dealkylation sites (N-methyl/N-ethyl adjacent to an activating group) is 2. The van der Waals surface area contributed by atoms with Gasteiger partial charge in [0.05, 0.1) is 42.7 Å². The Balaban J connectivity index is 2.26. The number of carbonyl (C=O) groups excluding carboxylic acids is 4. The molecule has 3 unspecified atom stereocenters. The maximum Gasteiger partial charge on any atom is 0.326 e. The van der Waals surface area contributed by atoms with Gasteiger partial charge < -0.3 is 40.3 Å². The van der Waals surface area contributed by atoms with Gasteiger partial charge in [0.1, 0.15) is 17.9 Å². The average Bonchev–Trinajstić information content (AvgIpc) is 3.60. The molecule has 1 aromatic carbocycles. The minimum Gasteiger partial charge on any atom is -0.480 e. The highest BCUT2D eigenvalue weighted by Crippen LogP contribution is 2.30. The molecule has 1 heterocycles. The lowest BCUT2D eigenvalue weighted by molar-refractivity contribution is -0.148. The Bertz CT molecular complexity index is 1360. The minimum atomic E-state index is -1.25. The van der Waals surface area contributed by atoms with Crippen LogP contribution in [0.4, 0.5) is 4.39 Å². The molecule has 300 valence electrons. The van der Waals surface area contributed by atoms with E-state index in [1.807, 2.05) is 41.5 Å². The second-order valence-electron chi connectivity index (χ2n) is 15.1. The lowest BCUT2D eigenvalue weighted by atomic mass is 9.89. The van der Waals surface area contributed by atoms with Crippen LogP contribution in [0.1, 0.15) is 79.7 Å². The molecule has 1 aliphatic heterocycles. The summed E-state index contributed by atoms with van der Waals surface area (Å²) in [6.45, 7) is 13.7. The Kier molecular flexibility index (Phi) is 18.3. The number of methoxy groups -OCH3 is 2. The summed E-state index contributed by atoms with van der Waals surface area (Å²) >= 11 is 0. The Hall–Kier alpha value is -3.62. The molecule has 0 bridgehead atoms. The molecule has 0 radical (unpaired) electrons. The zero-order chi connectivity index (χ0) is 40.2. The van der Waals surface area contributed by atoms with Crippen LogP contribution >= 0.6 is 0 Å². The molecule has 0 spiro atoms. The summed E-state index contributed by atoms with van der Waals surface area (Å²) in [5, 5.41) is 18.4. The van der Waals surface area contributed by atoms with Crippen molar-refractivity contribution in [2.45, 2.75) is 123 Å². The standard InChI is InChI=1S/C39H64FN5O8/c1-12-24(6)34(44(9)38(49)33(23(4)5)43-37(48)32(41-8)22(2)3)30(52-10)21-31(46)45-19-13-14-29(45)35(53-11)25(7)36(47)42-28(39(50)51)20-26-15-17-27(40)18-16-26/h15-18,22-25,28-30,32-35,41H,12-14,19-21H2,1-11H3,(H,42,47)(H,43,48)(H,50,51)/t24-,25+,28-,29-,30?,32?,33-,34?,35+/m0/s1. The van der Waals surface area contributed by atoms with Gasteiger partial charge in [0.2, 0.25) is 23.6 Å². The van der Waals surface area contributed by atoms with E-state index >= 15 is 0 Å². The highest BCUT2D eigenvalue weighted by Gasteiger charge is 2.43. The summed E-state index contributed by atoms with van der Waals surface area (Å²) in [5.41, 5.74) is 0.552. The first-order valence-electron chi connectivity index (χ1n) is 18.8. The monoisotopic (exact) mass is 749 g/mol. The van der Waals surface area contributed by atoms with Crippen LogP contribution in [-0.4, -0.2) is 122 Å². The smallest absolute Gasteiger partial charge is 0.326 e. The lowest BCUT2D eigenvalue weighted by Gasteiger charge is -2.41. The minimum absolute atomic E-state index is 0.0105. The summed E-state index contributed by atoms with van der Waals surface area (Å²) in [7, 11) is 6.38. The summed E-state index contributed by atoms with van der Waals surface area (Å²) in [4.78, 5) is 70.2. The Labute approximate surface area is 315 Å². The van der Waals surface area contributed by atoms with Gasteiger partial charge in [0.15, 0.2) is 0 Å². The molecule has 1 saturated heterocycles. The van der Waals surface area contributed by atoms with Gasteiger partial charge in [-0.1, -0.05) is 67.0 Å². The summed E-state index contributed by atoms with van der Waals surface area (Å²) in [5.74, 6) is -4.05. The number of carbonyl (C=O) groups is 5. The molecular formula is C39H64FN5O8. The van der Waals surface area contributed by atoms with Crippen molar-refractivity contribution in [1.82, 2.24) is 25.8 Å². The topological polar surface area (TPSA) is 167 Å². The summed E-state index contributed by atoms with van der Waals surface area (Å²) in [6.07, 6.45) is 0.463. The number of nitrogens with zero attached hydrogens (tertiary/aromatic N) is 2. The summed E-state index contributed by atoms with van der Waals surface area (Å²) in [6, 6.07) is 1.93. The second-order valence-corrected chi connectivity index (χ2v) is 15.1. The van der Waals surface area contributed by atoms with Crippen LogP contribution in [0.5, 0.6) is 0 Å². The van der Waals surface area contributed by atoms with E-state index in [9.17, 15) is 33.5 Å². The van der Waals surface area contributed by atoms with E-state index in [2.05, 4.69) is 16.0 Å². The van der Waals surface area contributed by atoms with Gasteiger partial charge in [-0.2, -0.15) is 0 Å². The second kappa shape index (κ2) is 21.3. The number of benzene rings is 1. The predicted molar refractivity (Wildman–Crippen MR) is 200 cm³/mol. The first-order valence-corrected chi connectivity index (χ1v) is 18.8. The molecule has 53 heavy (non-hydrogen) atoms.